The number of halogens is 1. The maximum atomic E-state index is 11.8. The molecule has 2 heterocycles. The maximum Gasteiger partial charge on any atom is 0.283 e. The van der Waals surface area contributed by atoms with Gasteiger partial charge < -0.3 is 5.32 Å². The molecule has 17 heavy (non-hydrogen) atoms. The molecule has 0 spiro atoms. The Morgan fingerprint density at radius 1 is 1.53 bits per heavy atom. The van der Waals surface area contributed by atoms with Crippen LogP contribution in [0.25, 0.3) is 0 Å². The van der Waals surface area contributed by atoms with Crippen LogP contribution >= 0.6 is 27.3 Å². The molecule has 90 valence electrons. The van der Waals surface area contributed by atoms with E-state index in [4.69, 9.17) is 0 Å². The second-order valence-corrected chi connectivity index (χ2v) is 5.08. The number of rotatable bonds is 4. The van der Waals surface area contributed by atoms with Crippen LogP contribution < -0.4 is 10.9 Å². The molecule has 0 aliphatic heterocycles. The van der Waals surface area contributed by atoms with Gasteiger partial charge in [-0.15, -0.1) is 11.3 Å². The van der Waals surface area contributed by atoms with Gasteiger partial charge >= 0.3 is 0 Å². The lowest BCUT2D eigenvalue weighted by molar-refractivity contribution is 0.613. The topological polar surface area (TPSA) is 59.8 Å². The summed E-state index contributed by atoms with van der Waals surface area (Å²) in [6.07, 6.45) is 3.45. The van der Waals surface area contributed by atoms with E-state index in [2.05, 4.69) is 31.3 Å². The zero-order valence-electron chi connectivity index (χ0n) is 9.18. The second-order valence-electron chi connectivity index (χ2n) is 3.31. The molecule has 1 N–H and O–H groups in total. The summed E-state index contributed by atoms with van der Waals surface area (Å²) in [6.45, 7) is 3.08. The van der Waals surface area contributed by atoms with Crippen LogP contribution in [0.4, 0.5) is 5.69 Å². The Hall–Kier alpha value is -1.21. The van der Waals surface area contributed by atoms with Crippen LogP contribution in [0.15, 0.2) is 27.2 Å². The van der Waals surface area contributed by atoms with Crippen LogP contribution in [0.5, 0.6) is 0 Å². The van der Waals surface area contributed by atoms with Crippen molar-refractivity contribution >= 4 is 33.0 Å². The van der Waals surface area contributed by atoms with Gasteiger partial charge in [0.1, 0.15) is 4.47 Å². The standard InChI is InChI=1S/C10H11BrN4OS/c1-2-15-10(16)9(11)8(5-14-15)13-4-7-3-12-6-17-7/h3,5-6,13H,2,4H2,1H3. The third-order valence-corrected chi connectivity index (χ3v) is 3.77. The summed E-state index contributed by atoms with van der Waals surface area (Å²) < 4.78 is 1.92. The van der Waals surface area contributed by atoms with Gasteiger partial charge in [0.2, 0.25) is 0 Å². The number of thiazole rings is 1. The zero-order valence-corrected chi connectivity index (χ0v) is 11.6. The first-order valence-electron chi connectivity index (χ1n) is 5.09. The van der Waals surface area contributed by atoms with Gasteiger partial charge in [0.05, 0.1) is 23.9 Å². The smallest absolute Gasteiger partial charge is 0.283 e. The summed E-state index contributed by atoms with van der Waals surface area (Å²) >= 11 is 4.86. The number of hydrogen-bond acceptors (Lipinski definition) is 5. The van der Waals surface area contributed by atoms with Gasteiger partial charge in [0.15, 0.2) is 0 Å². The normalized spacial score (nSPS) is 10.5. The monoisotopic (exact) mass is 314 g/mol. The van der Waals surface area contributed by atoms with Gasteiger partial charge in [-0.2, -0.15) is 5.10 Å². The molecule has 0 aliphatic rings. The quantitative estimate of drug-likeness (QED) is 0.938. The number of anilines is 1. The van der Waals surface area contributed by atoms with Gasteiger partial charge in [-0.05, 0) is 22.9 Å². The largest absolute Gasteiger partial charge is 0.378 e. The van der Waals surface area contributed by atoms with Gasteiger partial charge in [-0.25, -0.2) is 4.68 Å². The Balaban J connectivity index is 2.17. The molecule has 0 atom stereocenters. The van der Waals surface area contributed by atoms with Crippen LogP contribution in [-0.2, 0) is 13.1 Å². The third kappa shape index (κ3) is 2.73. The highest BCUT2D eigenvalue weighted by Crippen LogP contribution is 2.17. The van der Waals surface area contributed by atoms with E-state index in [0.717, 1.165) is 4.88 Å². The Morgan fingerprint density at radius 2 is 2.35 bits per heavy atom. The molecule has 0 saturated heterocycles. The average molecular weight is 315 g/mol. The molecule has 0 radical (unpaired) electrons. The van der Waals surface area contributed by atoms with Crippen LogP contribution in [0, 0.1) is 0 Å². The van der Waals surface area contributed by atoms with Crippen molar-refractivity contribution in [2.75, 3.05) is 5.32 Å². The summed E-state index contributed by atoms with van der Waals surface area (Å²) in [6, 6.07) is 0. The van der Waals surface area contributed by atoms with E-state index in [1.807, 2.05) is 6.92 Å². The highest BCUT2D eigenvalue weighted by molar-refractivity contribution is 9.10. The highest BCUT2D eigenvalue weighted by Gasteiger charge is 2.07. The third-order valence-electron chi connectivity index (χ3n) is 2.22. The van der Waals surface area contributed by atoms with Gasteiger partial charge in [0, 0.05) is 17.6 Å². The minimum absolute atomic E-state index is 0.123. The molecule has 0 bridgehead atoms. The van der Waals surface area contributed by atoms with Crippen molar-refractivity contribution in [3.63, 3.8) is 0 Å². The fourth-order valence-corrected chi connectivity index (χ4v) is 2.31. The Labute approximate surface area is 111 Å². The molecule has 5 nitrogen and oxygen atoms in total. The fraction of sp³-hybridized carbons (Fsp3) is 0.300. The maximum absolute atomic E-state index is 11.8. The first-order chi connectivity index (χ1) is 8.22. The molecule has 0 saturated carbocycles. The van der Waals surface area contributed by atoms with E-state index in [-0.39, 0.29) is 5.56 Å². The molecule has 0 amide bonds. The van der Waals surface area contributed by atoms with Gasteiger partial charge in [-0.1, -0.05) is 0 Å². The van der Waals surface area contributed by atoms with Crippen molar-refractivity contribution in [1.29, 1.82) is 0 Å². The van der Waals surface area contributed by atoms with E-state index in [1.54, 1.807) is 29.2 Å². The molecule has 2 aromatic heterocycles. The number of nitrogens with one attached hydrogen (secondary N) is 1. The van der Waals surface area contributed by atoms with Crippen molar-refractivity contribution in [1.82, 2.24) is 14.8 Å². The van der Waals surface area contributed by atoms with Crippen molar-refractivity contribution in [2.45, 2.75) is 20.0 Å². The van der Waals surface area contributed by atoms with Crippen LogP contribution in [0.3, 0.4) is 0 Å². The molecule has 2 rings (SSSR count). The summed E-state index contributed by atoms with van der Waals surface area (Å²) in [5.74, 6) is 0. The zero-order chi connectivity index (χ0) is 12.3. The van der Waals surface area contributed by atoms with E-state index in [9.17, 15) is 4.79 Å². The highest BCUT2D eigenvalue weighted by atomic mass is 79.9. The number of aromatic nitrogens is 3. The predicted molar refractivity (Wildman–Crippen MR) is 71.3 cm³/mol. The minimum Gasteiger partial charge on any atom is -0.378 e. The molecule has 0 aliphatic carbocycles. The minimum atomic E-state index is -0.123. The van der Waals surface area contributed by atoms with E-state index < -0.39 is 0 Å². The Bertz CT molecular complexity index is 552. The molecular formula is C10H11BrN4OS. The van der Waals surface area contributed by atoms with E-state index in [0.29, 0.717) is 23.2 Å². The molecule has 0 fully saturated rings. The van der Waals surface area contributed by atoms with Crippen molar-refractivity contribution in [2.24, 2.45) is 0 Å². The Kier molecular flexibility index (Phi) is 3.90. The summed E-state index contributed by atoms with van der Waals surface area (Å²) in [7, 11) is 0. The first-order valence-corrected chi connectivity index (χ1v) is 6.76. The van der Waals surface area contributed by atoms with Gasteiger partial charge in [-0.3, -0.25) is 9.78 Å². The van der Waals surface area contributed by atoms with Crippen molar-refractivity contribution in [3.05, 3.63) is 37.6 Å². The van der Waals surface area contributed by atoms with Crippen LogP contribution in [0.2, 0.25) is 0 Å². The fourth-order valence-electron chi connectivity index (χ4n) is 1.33. The SMILES string of the molecule is CCn1ncc(NCc2cncs2)c(Br)c1=O. The summed E-state index contributed by atoms with van der Waals surface area (Å²) in [4.78, 5) is 16.9. The lowest BCUT2D eigenvalue weighted by atomic mass is 10.4. The summed E-state index contributed by atoms with van der Waals surface area (Å²) in [5, 5.41) is 7.21. The second kappa shape index (κ2) is 5.42. The van der Waals surface area contributed by atoms with E-state index >= 15 is 0 Å². The number of nitrogens with zero attached hydrogens (tertiary/aromatic N) is 3. The van der Waals surface area contributed by atoms with E-state index in [1.165, 1.54) is 4.68 Å². The van der Waals surface area contributed by atoms with Gasteiger partial charge in [0.25, 0.3) is 5.56 Å². The lowest BCUT2D eigenvalue weighted by Gasteiger charge is -2.08. The van der Waals surface area contributed by atoms with Crippen LogP contribution in [-0.4, -0.2) is 14.8 Å². The lowest BCUT2D eigenvalue weighted by Crippen LogP contribution is -2.23. The molecule has 7 heteroatoms. The van der Waals surface area contributed by atoms with Crippen molar-refractivity contribution < 1.29 is 0 Å². The summed E-state index contributed by atoms with van der Waals surface area (Å²) in [5.41, 5.74) is 2.36. The molecular weight excluding hydrogens is 304 g/mol. The molecule has 0 aromatic carbocycles. The first kappa shape index (κ1) is 12.3. The number of aryl methyl sites for hydroxylation is 1. The average Bonchev–Trinajstić information content (AvgIpc) is 2.84. The number of hydrogen-bond donors (Lipinski definition) is 1. The van der Waals surface area contributed by atoms with Crippen LogP contribution in [0.1, 0.15) is 11.8 Å². The molecule has 2 aromatic rings. The van der Waals surface area contributed by atoms with Crippen molar-refractivity contribution in [3.8, 4) is 0 Å². The Morgan fingerprint density at radius 3 is 3.00 bits per heavy atom. The molecule has 0 unspecified atom stereocenters. The predicted octanol–water partition coefficient (Wildman–Crippen LogP) is 2.09.